The summed E-state index contributed by atoms with van der Waals surface area (Å²) in [4.78, 5) is 11.8. The summed E-state index contributed by atoms with van der Waals surface area (Å²) in [5, 5.41) is 0.293. The van der Waals surface area contributed by atoms with Gasteiger partial charge in [-0.1, -0.05) is 11.6 Å². The number of halogens is 3. The number of rotatable bonds is 1. The lowest BCUT2D eigenvalue weighted by Gasteiger charge is -2.10. The number of nitrogens with zero attached hydrogens (tertiary/aromatic N) is 1. The Bertz CT molecular complexity index is 639. The Balaban J connectivity index is 2.69. The lowest BCUT2D eigenvalue weighted by Crippen LogP contribution is -2.20. The first-order valence-electron chi connectivity index (χ1n) is 4.81. The average molecular weight is 364 g/mol. The van der Waals surface area contributed by atoms with E-state index in [1.54, 1.807) is 25.2 Å². The summed E-state index contributed by atoms with van der Waals surface area (Å²) in [7, 11) is 1.67. The van der Waals surface area contributed by atoms with Crippen LogP contribution in [0.4, 0.5) is 4.39 Å². The van der Waals surface area contributed by atoms with Gasteiger partial charge in [-0.25, -0.2) is 4.39 Å². The molecule has 0 aliphatic rings. The van der Waals surface area contributed by atoms with Crippen molar-refractivity contribution in [2.45, 2.75) is 0 Å². The molecule has 0 saturated heterocycles. The third-order valence-corrected chi connectivity index (χ3v) is 3.60. The molecule has 2 aromatic rings. The Morgan fingerprint density at radius 2 is 2.00 bits per heavy atom. The van der Waals surface area contributed by atoms with E-state index >= 15 is 0 Å². The van der Waals surface area contributed by atoms with E-state index in [0.29, 0.717) is 19.9 Å². The highest BCUT2D eigenvalue weighted by atomic mass is 127. The summed E-state index contributed by atoms with van der Waals surface area (Å²) in [5.74, 6) is -0.394. The molecule has 1 aromatic carbocycles. The van der Waals surface area contributed by atoms with Crippen molar-refractivity contribution >= 4 is 34.2 Å². The fraction of sp³-hybridized carbons (Fsp3) is 0.0833. The van der Waals surface area contributed by atoms with Crippen LogP contribution in [0.15, 0.2) is 35.1 Å². The van der Waals surface area contributed by atoms with Gasteiger partial charge >= 0.3 is 0 Å². The first-order valence-corrected chi connectivity index (χ1v) is 6.27. The van der Waals surface area contributed by atoms with E-state index in [9.17, 15) is 9.18 Å². The fourth-order valence-electron chi connectivity index (χ4n) is 1.57. The fourth-order valence-corrected chi connectivity index (χ4v) is 2.38. The number of hydrogen-bond acceptors (Lipinski definition) is 1. The minimum absolute atomic E-state index is 0.0940. The van der Waals surface area contributed by atoms with Crippen molar-refractivity contribution in [3.63, 3.8) is 0 Å². The molecule has 1 heterocycles. The van der Waals surface area contributed by atoms with Crippen molar-refractivity contribution in [3.05, 3.63) is 55.1 Å². The van der Waals surface area contributed by atoms with Crippen LogP contribution in [0.2, 0.25) is 5.02 Å². The standard InChI is InChI=1S/C12H8ClFINO/c1-16-11(5-4-10(15)12(16)17)8-3-2-7(14)6-9(8)13/h2-6H,1H3. The van der Waals surface area contributed by atoms with E-state index in [-0.39, 0.29) is 5.56 Å². The Morgan fingerprint density at radius 1 is 1.29 bits per heavy atom. The monoisotopic (exact) mass is 363 g/mol. The SMILES string of the molecule is Cn1c(-c2ccc(F)cc2Cl)ccc(I)c1=O. The molecule has 0 bridgehead atoms. The molecule has 0 amide bonds. The van der Waals surface area contributed by atoms with Gasteiger partial charge in [-0.2, -0.15) is 0 Å². The van der Waals surface area contributed by atoms with Gasteiger partial charge in [0.1, 0.15) is 5.82 Å². The minimum atomic E-state index is -0.394. The molecular weight excluding hydrogens is 355 g/mol. The third-order valence-electron chi connectivity index (χ3n) is 2.46. The molecule has 0 aliphatic heterocycles. The lowest BCUT2D eigenvalue weighted by atomic mass is 10.1. The molecule has 0 radical (unpaired) electrons. The van der Waals surface area contributed by atoms with Gasteiger partial charge in [0.25, 0.3) is 5.56 Å². The Hall–Kier alpha value is -0.880. The van der Waals surface area contributed by atoms with E-state index in [2.05, 4.69) is 0 Å². The Labute approximate surface area is 116 Å². The highest BCUT2D eigenvalue weighted by molar-refractivity contribution is 14.1. The summed E-state index contributed by atoms with van der Waals surface area (Å²) in [5.41, 5.74) is 1.22. The van der Waals surface area contributed by atoms with Crippen LogP contribution in [0.3, 0.4) is 0 Å². The van der Waals surface area contributed by atoms with Crippen molar-refractivity contribution < 1.29 is 4.39 Å². The predicted octanol–water partition coefficient (Wildman–Crippen LogP) is 3.45. The van der Waals surface area contributed by atoms with Gasteiger partial charge in [0.15, 0.2) is 0 Å². The van der Waals surface area contributed by atoms with Gasteiger partial charge in [0.05, 0.1) is 14.3 Å². The van der Waals surface area contributed by atoms with Crippen LogP contribution in [0.5, 0.6) is 0 Å². The maximum atomic E-state index is 13.0. The summed E-state index contributed by atoms with van der Waals surface area (Å²) in [6, 6.07) is 7.64. The van der Waals surface area contributed by atoms with E-state index in [0.717, 1.165) is 0 Å². The largest absolute Gasteiger partial charge is 0.310 e. The first kappa shape index (κ1) is 12.6. The van der Waals surface area contributed by atoms with Crippen LogP contribution in [0, 0.1) is 9.39 Å². The quantitative estimate of drug-likeness (QED) is 0.711. The second kappa shape index (κ2) is 4.78. The molecule has 1 aromatic heterocycles. The van der Waals surface area contributed by atoms with Crippen molar-refractivity contribution in [2.75, 3.05) is 0 Å². The highest BCUT2D eigenvalue weighted by Gasteiger charge is 2.09. The van der Waals surface area contributed by atoms with E-state index < -0.39 is 5.82 Å². The van der Waals surface area contributed by atoms with Gasteiger partial charge in [-0.15, -0.1) is 0 Å². The van der Waals surface area contributed by atoms with Crippen LogP contribution in [0.25, 0.3) is 11.3 Å². The van der Waals surface area contributed by atoms with Crippen LogP contribution in [-0.2, 0) is 7.05 Å². The normalized spacial score (nSPS) is 10.6. The summed E-state index contributed by atoms with van der Waals surface area (Å²) in [6.07, 6.45) is 0. The molecule has 0 aliphatic carbocycles. The van der Waals surface area contributed by atoms with Crippen molar-refractivity contribution in [2.24, 2.45) is 7.05 Å². The molecule has 0 spiro atoms. The molecule has 17 heavy (non-hydrogen) atoms. The van der Waals surface area contributed by atoms with E-state index in [1.165, 1.54) is 16.7 Å². The maximum absolute atomic E-state index is 13.0. The van der Waals surface area contributed by atoms with E-state index in [4.69, 9.17) is 11.6 Å². The molecule has 0 saturated carbocycles. The number of aromatic nitrogens is 1. The minimum Gasteiger partial charge on any atom is -0.310 e. The van der Waals surface area contributed by atoms with Gasteiger partial charge < -0.3 is 4.57 Å². The van der Waals surface area contributed by atoms with Gasteiger partial charge in [0, 0.05) is 12.6 Å². The Kier molecular flexibility index (Phi) is 3.53. The summed E-state index contributed by atoms with van der Waals surface area (Å²) >= 11 is 7.94. The van der Waals surface area contributed by atoms with Crippen molar-refractivity contribution in [1.82, 2.24) is 4.57 Å². The Morgan fingerprint density at radius 3 is 2.65 bits per heavy atom. The molecule has 0 atom stereocenters. The summed E-state index contributed by atoms with van der Waals surface area (Å²) < 4.78 is 15.1. The zero-order valence-corrected chi connectivity index (χ0v) is 11.8. The van der Waals surface area contributed by atoms with Crippen LogP contribution in [-0.4, -0.2) is 4.57 Å². The summed E-state index contributed by atoms with van der Waals surface area (Å²) in [6.45, 7) is 0. The third kappa shape index (κ3) is 2.37. The molecule has 5 heteroatoms. The van der Waals surface area contributed by atoms with Gasteiger partial charge in [0.2, 0.25) is 0 Å². The molecular formula is C12H8ClFINO. The van der Waals surface area contributed by atoms with Crippen molar-refractivity contribution in [3.8, 4) is 11.3 Å². The molecule has 2 nitrogen and oxygen atoms in total. The lowest BCUT2D eigenvalue weighted by molar-refractivity contribution is 0.628. The van der Waals surface area contributed by atoms with Crippen LogP contribution in [0.1, 0.15) is 0 Å². The van der Waals surface area contributed by atoms with Gasteiger partial charge in [-0.3, -0.25) is 4.79 Å². The molecule has 88 valence electrons. The first-order chi connectivity index (χ1) is 8.00. The average Bonchev–Trinajstić information content (AvgIpc) is 2.28. The van der Waals surface area contributed by atoms with Crippen LogP contribution < -0.4 is 5.56 Å². The molecule has 0 N–H and O–H groups in total. The van der Waals surface area contributed by atoms with Crippen LogP contribution >= 0.6 is 34.2 Å². The number of benzene rings is 1. The number of pyridine rings is 1. The second-order valence-corrected chi connectivity index (χ2v) is 5.12. The maximum Gasteiger partial charge on any atom is 0.264 e. The smallest absolute Gasteiger partial charge is 0.264 e. The molecule has 0 fully saturated rings. The molecule has 0 unspecified atom stereocenters. The number of hydrogen-bond donors (Lipinski definition) is 0. The van der Waals surface area contributed by atoms with E-state index in [1.807, 2.05) is 22.6 Å². The zero-order valence-electron chi connectivity index (χ0n) is 8.88. The zero-order chi connectivity index (χ0) is 12.6. The topological polar surface area (TPSA) is 22.0 Å². The predicted molar refractivity (Wildman–Crippen MR) is 74.8 cm³/mol. The van der Waals surface area contributed by atoms with Gasteiger partial charge in [-0.05, 0) is 52.9 Å². The second-order valence-electron chi connectivity index (χ2n) is 3.55. The van der Waals surface area contributed by atoms with Crippen molar-refractivity contribution in [1.29, 1.82) is 0 Å². The highest BCUT2D eigenvalue weighted by Crippen LogP contribution is 2.27. The molecule has 2 rings (SSSR count).